The third kappa shape index (κ3) is 3.29. The average molecular weight is 446 g/mol. The molecule has 3 nitrogen and oxygen atoms in total. The molecule has 0 amide bonds. The zero-order valence-corrected chi connectivity index (χ0v) is 20.0. The molecule has 0 bridgehead atoms. The highest BCUT2D eigenvalue weighted by Gasteiger charge is 2.52. The minimum absolute atomic E-state index is 0.394. The van der Waals surface area contributed by atoms with Crippen molar-refractivity contribution in [3.63, 3.8) is 0 Å². The molecule has 1 aliphatic rings. The first kappa shape index (κ1) is 21.2. The van der Waals surface area contributed by atoms with Gasteiger partial charge >= 0.3 is 7.12 Å². The van der Waals surface area contributed by atoms with Crippen LogP contribution in [0.1, 0.15) is 27.7 Å². The number of rotatable bonds is 3. The Bertz CT molecular complexity index is 1480. The number of fused-ring (bicyclic) bond motifs is 2. The highest BCUT2D eigenvalue weighted by Crippen LogP contribution is 2.42. The Hall–Kier alpha value is -3.34. The lowest BCUT2D eigenvalue weighted by Crippen LogP contribution is -2.41. The summed E-state index contributed by atoms with van der Waals surface area (Å²) in [6.45, 7) is 8.36. The molecule has 1 saturated heterocycles. The summed E-state index contributed by atoms with van der Waals surface area (Å²) < 4.78 is 19.3. The van der Waals surface area contributed by atoms with Gasteiger partial charge in [-0.15, -0.1) is 0 Å². The van der Waals surface area contributed by atoms with Crippen molar-refractivity contribution in [2.45, 2.75) is 38.9 Å². The van der Waals surface area contributed by atoms with Gasteiger partial charge in [-0.2, -0.15) is 0 Å². The van der Waals surface area contributed by atoms with Gasteiger partial charge < -0.3 is 13.7 Å². The second kappa shape index (κ2) is 7.59. The molecule has 0 unspecified atom stereocenters. The van der Waals surface area contributed by atoms with Crippen LogP contribution in [0.3, 0.4) is 0 Å². The van der Waals surface area contributed by atoms with Crippen molar-refractivity contribution >= 4 is 34.3 Å². The van der Waals surface area contributed by atoms with Crippen LogP contribution >= 0.6 is 0 Å². The van der Waals surface area contributed by atoms with Crippen LogP contribution in [0.2, 0.25) is 0 Å². The van der Waals surface area contributed by atoms with Gasteiger partial charge in [-0.1, -0.05) is 78.9 Å². The Balaban J connectivity index is 1.61. The Morgan fingerprint density at radius 1 is 0.618 bits per heavy atom. The third-order valence-electron chi connectivity index (χ3n) is 7.33. The van der Waals surface area contributed by atoms with E-state index in [1.54, 1.807) is 0 Å². The largest absolute Gasteiger partial charge is 0.495 e. The number of benzene rings is 4. The summed E-state index contributed by atoms with van der Waals surface area (Å²) in [7, 11) is -0.424. The van der Waals surface area contributed by atoms with E-state index in [0.29, 0.717) is 0 Å². The topological polar surface area (TPSA) is 31.6 Å². The fourth-order valence-electron chi connectivity index (χ4n) is 4.75. The SMILES string of the molecule is CC1(C)OB(c2cccc3cc4oc(-c5ccccc5)c(-c5ccccc5)c4cc23)OC1(C)C. The van der Waals surface area contributed by atoms with E-state index in [9.17, 15) is 0 Å². The Morgan fingerprint density at radius 3 is 1.88 bits per heavy atom. The van der Waals surface area contributed by atoms with E-state index in [1.165, 1.54) is 0 Å². The second-order valence-corrected chi connectivity index (χ2v) is 10.0. The predicted octanol–water partition coefficient (Wildman–Crippen LogP) is 7.22. The van der Waals surface area contributed by atoms with Gasteiger partial charge in [0.05, 0.1) is 11.2 Å². The zero-order valence-electron chi connectivity index (χ0n) is 20.0. The highest BCUT2D eigenvalue weighted by molar-refractivity contribution is 6.65. The first-order valence-corrected chi connectivity index (χ1v) is 11.8. The minimum atomic E-state index is -0.424. The van der Waals surface area contributed by atoms with Crippen molar-refractivity contribution in [2.24, 2.45) is 0 Å². The maximum Gasteiger partial charge on any atom is 0.495 e. The molecule has 4 aromatic carbocycles. The van der Waals surface area contributed by atoms with E-state index in [4.69, 9.17) is 13.7 Å². The van der Waals surface area contributed by atoms with Crippen LogP contribution in [0.15, 0.2) is 95.4 Å². The van der Waals surface area contributed by atoms with Gasteiger partial charge in [0.2, 0.25) is 0 Å². The summed E-state index contributed by atoms with van der Waals surface area (Å²) >= 11 is 0. The molecule has 0 N–H and O–H groups in total. The summed E-state index contributed by atoms with van der Waals surface area (Å²) in [5, 5.41) is 3.31. The quantitative estimate of drug-likeness (QED) is 0.274. The molecule has 5 aromatic rings. The molecule has 2 heterocycles. The van der Waals surface area contributed by atoms with Crippen molar-refractivity contribution in [1.82, 2.24) is 0 Å². The average Bonchev–Trinajstić information content (AvgIpc) is 3.31. The van der Waals surface area contributed by atoms with Crippen LogP contribution in [0.5, 0.6) is 0 Å². The number of furan rings is 1. The van der Waals surface area contributed by atoms with Crippen LogP contribution in [0.25, 0.3) is 44.2 Å². The lowest BCUT2D eigenvalue weighted by molar-refractivity contribution is 0.00578. The Morgan fingerprint density at radius 2 is 1.24 bits per heavy atom. The maximum atomic E-state index is 6.52. The van der Waals surface area contributed by atoms with Crippen LogP contribution in [0.4, 0.5) is 0 Å². The van der Waals surface area contributed by atoms with Crippen molar-refractivity contribution < 1.29 is 13.7 Å². The molecule has 1 fully saturated rings. The fourth-order valence-corrected chi connectivity index (χ4v) is 4.75. The standard InChI is InChI=1S/C30H27BO3/c1-29(2)30(3,4)34-31(33-29)25-17-11-16-22-18-26-24(19-23(22)25)27(20-12-7-5-8-13-20)28(32-26)21-14-9-6-10-15-21/h5-19H,1-4H3. The highest BCUT2D eigenvalue weighted by atomic mass is 16.7. The Kier molecular flexibility index (Phi) is 4.74. The molecule has 1 aromatic heterocycles. The van der Waals surface area contributed by atoms with Crippen molar-refractivity contribution in [3.05, 3.63) is 91.0 Å². The van der Waals surface area contributed by atoms with E-state index in [2.05, 4.69) is 94.4 Å². The molecule has 0 aliphatic carbocycles. The zero-order chi connectivity index (χ0) is 23.5. The van der Waals surface area contributed by atoms with Crippen LogP contribution < -0.4 is 5.46 Å². The van der Waals surface area contributed by atoms with Gasteiger partial charge in [0.1, 0.15) is 11.3 Å². The molecule has 6 rings (SSSR count). The molecule has 0 spiro atoms. The molecule has 4 heteroatoms. The van der Waals surface area contributed by atoms with Crippen molar-refractivity contribution in [1.29, 1.82) is 0 Å². The summed E-state index contributed by atoms with van der Waals surface area (Å²) in [5.41, 5.74) is 4.42. The first-order chi connectivity index (χ1) is 16.3. The molecule has 34 heavy (non-hydrogen) atoms. The van der Waals surface area contributed by atoms with E-state index in [0.717, 1.165) is 49.7 Å². The Labute approximate surface area is 200 Å². The third-order valence-corrected chi connectivity index (χ3v) is 7.33. The fraction of sp³-hybridized carbons (Fsp3) is 0.200. The van der Waals surface area contributed by atoms with Gasteiger partial charge in [0.15, 0.2) is 0 Å². The van der Waals surface area contributed by atoms with Crippen molar-refractivity contribution in [2.75, 3.05) is 0 Å². The summed E-state index contributed by atoms with van der Waals surface area (Å²) in [6.07, 6.45) is 0. The lowest BCUT2D eigenvalue weighted by Gasteiger charge is -2.32. The summed E-state index contributed by atoms with van der Waals surface area (Å²) in [5.74, 6) is 0.884. The monoisotopic (exact) mass is 446 g/mol. The minimum Gasteiger partial charge on any atom is -0.455 e. The van der Waals surface area contributed by atoms with Gasteiger partial charge in [0.25, 0.3) is 0 Å². The molecular weight excluding hydrogens is 419 g/mol. The van der Waals surface area contributed by atoms with E-state index < -0.39 is 18.3 Å². The van der Waals surface area contributed by atoms with Crippen molar-refractivity contribution in [3.8, 4) is 22.5 Å². The summed E-state index contributed by atoms with van der Waals surface area (Å²) in [6, 6.07) is 31.4. The molecule has 0 radical (unpaired) electrons. The number of hydrogen-bond donors (Lipinski definition) is 0. The number of hydrogen-bond acceptors (Lipinski definition) is 3. The van der Waals surface area contributed by atoms with Crippen LogP contribution in [-0.2, 0) is 9.31 Å². The smallest absolute Gasteiger partial charge is 0.455 e. The van der Waals surface area contributed by atoms with Gasteiger partial charge in [0, 0.05) is 16.5 Å². The van der Waals surface area contributed by atoms with Crippen LogP contribution in [-0.4, -0.2) is 18.3 Å². The predicted molar refractivity (Wildman–Crippen MR) is 140 cm³/mol. The van der Waals surface area contributed by atoms with Gasteiger partial charge in [-0.3, -0.25) is 0 Å². The molecule has 0 atom stereocenters. The second-order valence-electron chi connectivity index (χ2n) is 10.0. The maximum absolute atomic E-state index is 6.52. The molecule has 0 saturated carbocycles. The van der Waals surface area contributed by atoms with Crippen LogP contribution in [0, 0.1) is 0 Å². The molecule has 1 aliphatic heterocycles. The van der Waals surface area contributed by atoms with E-state index >= 15 is 0 Å². The lowest BCUT2D eigenvalue weighted by atomic mass is 9.76. The first-order valence-electron chi connectivity index (χ1n) is 11.8. The molecular formula is C30H27BO3. The van der Waals surface area contributed by atoms with E-state index in [-0.39, 0.29) is 0 Å². The van der Waals surface area contributed by atoms with E-state index in [1.807, 2.05) is 24.3 Å². The van der Waals surface area contributed by atoms with Gasteiger partial charge in [-0.25, -0.2) is 0 Å². The molecule has 168 valence electrons. The normalized spacial score (nSPS) is 17.0. The van der Waals surface area contributed by atoms with Gasteiger partial charge in [-0.05, 0) is 61.6 Å². The summed E-state index contributed by atoms with van der Waals surface area (Å²) in [4.78, 5) is 0.